The van der Waals surface area contributed by atoms with Gasteiger partial charge in [-0.1, -0.05) is 18.2 Å². The van der Waals surface area contributed by atoms with Gasteiger partial charge in [0.1, 0.15) is 11.5 Å². The minimum absolute atomic E-state index is 0.152. The van der Waals surface area contributed by atoms with Gasteiger partial charge in [-0.15, -0.1) is 0 Å². The number of benzene rings is 1. The molecule has 1 aliphatic rings. The van der Waals surface area contributed by atoms with Crippen LogP contribution in [-0.4, -0.2) is 26.9 Å². The van der Waals surface area contributed by atoms with E-state index in [0.29, 0.717) is 35.6 Å². The van der Waals surface area contributed by atoms with Crippen LogP contribution < -0.4 is 10.9 Å². The Bertz CT molecular complexity index is 1020. The Morgan fingerprint density at radius 2 is 1.96 bits per heavy atom. The molecule has 7 heteroatoms. The summed E-state index contributed by atoms with van der Waals surface area (Å²) in [6.07, 6.45) is 1.61. The number of nitrogens with zero attached hydrogens (tertiary/aromatic N) is 3. The molecule has 0 bridgehead atoms. The molecule has 25 heavy (non-hydrogen) atoms. The summed E-state index contributed by atoms with van der Waals surface area (Å²) in [6.45, 7) is 0.620. The Labute approximate surface area is 142 Å². The number of anilines is 1. The van der Waals surface area contributed by atoms with Crippen LogP contribution in [0.15, 0.2) is 53.5 Å². The van der Waals surface area contributed by atoms with E-state index in [0.717, 1.165) is 6.20 Å². The first-order valence-corrected chi connectivity index (χ1v) is 7.92. The predicted molar refractivity (Wildman–Crippen MR) is 91.0 cm³/mol. The molecule has 0 aliphatic carbocycles. The number of aromatic nitrogens is 2. The van der Waals surface area contributed by atoms with Crippen LogP contribution in [0, 0.1) is 5.82 Å². The van der Waals surface area contributed by atoms with Crippen LogP contribution in [0.4, 0.5) is 14.9 Å². The van der Waals surface area contributed by atoms with Gasteiger partial charge in [0.2, 0.25) is 0 Å². The summed E-state index contributed by atoms with van der Waals surface area (Å²) >= 11 is 0. The van der Waals surface area contributed by atoms with E-state index in [1.165, 1.54) is 16.5 Å². The zero-order chi connectivity index (χ0) is 17.4. The highest BCUT2D eigenvalue weighted by Gasteiger charge is 2.25. The quantitative estimate of drug-likeness (QED) is 0.741. The van der Waals surface area contributed by atoms with E-state index >= 15 is 0 Å². The van der Waals surface area contributed by atoms with Gasteiger partial charge in [-0.05, 0) is 24.3 Å². The zero-order valence-corrected chi connectivity index (χ0v) is 13.3. The van der Waals surface area contributed by atoms with Gasteiger partial charge in [0.05, 0.1) is 17.8 Å². The van der Waals surface area contributed by atoms with Gasteiger partial charge in [-0.25, -0.2) is 14.2 Å². The largest absolute Gasteiger partial charge is 0.322 e. The second kappa shape index (κ2) is 6.01. The first kappa shape index (κ1) is 15.3. The first-order chi connectivity index (χ1) is 12.1. The van der Waals surface area contributed by atoms with E-state index in [1.807, 2.05) is 18.2 Å². The predicted octanol–water partition coefficient (Wildman–Crippen LogP) is 2.42. The maximum absolute atomic E-state index is 13.4. The third-order valence-corrected chi connectivity index (χ3v) is 4.25. The Balaban J connectivity index is 1.64. The smallest absolute Gasteiger partial charge is 0.320 e. The van der Waals surface area contributed by atoms with Gasteiger partial charge in [0, 0.05) is 24.8 Å². The third kappa shape index (κ3) is 2.84. The van der Waals surface area contributed by atoms with Crippen molar-refractivity contribution >= 4 is 17.4 Å². The van der Waals surface area contributed by atoms with E-state index < -0.39 is 5.82 Å². The van der Waals surface area contributed by atoms with Crippen LogP contribution in [0.1, 0.15) is 11.3 Å². The number of halogens is 1. The number of hydrogen-bond acceptors (Lipinski definition) is 3. The lowest BCUT2D eigenvalue weighted by atomic mass is 10.1. The molecule has 1 aliphatic heterocycles. The lowest BCUT2D eigenvalue weighted by Crippen LogP contribution is -2.42. The molecule has 3 heterocycles. The fraction of sp³-hybridized carbons (Fsp3) is 0.167. The number of amides is 2. The standard InChI is InChI=1S/C18H15FN4O2/c19-12-6-7-16-21-15-8-9-22(11-14(15)17(24)23(16)10-12)18(25)20-13-4-2-1-3-5-13/h1-7,10H,8-9,11H2,(H,20,25). The van der Waals surface area contributed by atoms with Crippen LogP contribution in [0.2, 0.25) is 0 Å². The molecule has 0 saturated carbocycles. The topological polar surface area (TPSA) is 66.7 Å². The number of fused-ring (bicyclic) bond motifs is 2. The highest BCUT2D eigenvalue weighted by atomic mass is 19.1. The van der Waals surface area contributed by atoms with Gasteiger partial charge < -0.3 is 10.2 Å². The molecule has 1 aromatic carbocycles. The molecule has 126 valence electrons. The van der Waals surface area contributed by atoms with Crippen molar-refractivity contribution in [2.75, 3.05) is 11.9 Å². The lowest BCUT2D eigenvalue weighted by Gasteiger charge is -2.28. The molecule has 6 nitrogen and oxygen atoms in total. The van der Waals surface area contributed by atoms with Gasteiger partial charge in [-0.2, -0.15) is 0 Å². The van der Waals surface area contributed by atoms with Crippen molar-refractivity contribution in [3.63, 3.8) is 0 Å². The molecule has 0 unspecified atom stereocenters. The average molecular weight is 338 g/mol. The number of urea groups is 1. The van der Waals surface area contributed by atoms with Crippen molar-refractivity contribution in [1.82, 2.24) is 14.3 Å². The Hall–Kier alpha value is -3.22. The number of hydrogen-bond donors (Lipinski definition) is 1. The normalized spacial score (nSPS) is 13.6. The van der Waals surface area contributed by atoms with Gasteiger partial charge in [0.25, 0.3) is 5.56 Å². The molecule has 2 amide bonds. The molecule has 0 atom stereocenters. The molecule has 3 aromatic rings. The molecule has 0 radical (unpaired) electrons. The van der Waals surface area contributed by atoms with Crippen molar-refractivity contribution in [3.8, 4) is 0 Å². The summed E-state index contributed by atoms with van der Waals surface area (Å²) in [4.78, 5) is 31.1. The minimum atomic E-state index is -0.508. The van der Waals surface area contributed by atoms with E-state index in [2.05, 4.69) is 10.3 Å². The number of pyridine rings is 1. The molecule has 0 spiro atoms. The van der Waals surface area contributed by atoms with Crippen LogP contribution in [0.25, 0.3) is 5.65 Å². The zero-order valence-electron chi connectivity index (χ0n) is 13.3. The van der Waals surface area contributed by atoms with E-state index in [1.54, 1.807) is 17.0 Å². The average Bonchev–Trinajstić information content (AvgIpc) is 2.63. The minimum Gasteiger partial charge on any atom is -0.320 e. The van der Waals surface area contributed by atoms with Crippen LogP contribution in [0.3, 0.4) is 0 Å². The number of carbonyl (C=O) groups is 1. The lowest BCUT2D eigenvalue weighted by molar-refractivity contribution is 0.205. The fourth-order valence-corrected chi connectivity index (χ4v) is 2.97. The van der Waals surface area contributed by atoms with Crippen molar-refractivity contribution in [2.24, 2.45) is 0 Å². The summed E-state index contributed by atoms with van der Waals surface area (Å²) in [6, 6.07) is 11.6. The van der Waals surface area contributed by atoms with Gasteiger partial charge in [0.15, 0.2) is 0 Å². The number of para-hydroxylation sites is 1. The maximum Gasteiger partial charge on any atom is 0.322 e. The Morgan fingerprint density at radius 3 is 2.76 bits per heavy atom. The molecule has 4 rings (SSSR count). The van der Waals surface area contributed by atoms with Gasteiger partial charge in [-0.3, -0.25) is 9.20 Å². The van der Waals surface area contributed by atoms with Crippen molar-refractivity contribution < 1.29 is 9.18 Å². The summed E-state index contributed by atoms with van der Waals surface area (Å²) < 4.78 is 14.6. The maximum atomic E-state index is 13.4. The number of carbonyl (C=O) groups excluding carboxylic acids is 1. The van der Waals surface area contributed by atoms with Crippen molar-refractivity contribution in [3.05, 3.63) is 76.1 Å². The summed E-state index contributed by atoms with van der Waals surface area (Å²) in [5.41, 5.74) is 1.86. The molecule has 1 N–H and O–H groups in total. The molecule has 0 fully saturated rings. The SMILES string of the molecule is O=C(Nc1ccccc1)N1CCc2nc3ccc(F)cn3c(=O)c2C1. The van der Waals surface area contributed by atoms with E-state index in [9.17, 15) is 14.0 Å². The van der Waals surface area contributed by atoms with Gasteiger partial charge >= 0.3 is 6.03 Å². The van der Waals surface area contributed by atoms with Crippen LogP contribution in [-0.2, 0) is 13.0 Å². The second-order valence-corrected chi connectivity index (χ2v) is 5.89. The fourth-order valence-electron chi connectivity index (χ4n) is 2.97. The second-order valence-electron chi connectivity index (χ2n) is 5.89. The summed E-state index contributed by atoms with van der Waals surface area (Å²) in [5.74, 6) is -0.508. The van der Waals surface area contributed by atoms with Crippen LogP contribution >= 0.6 is 0 Å². The molecule has 2 aromatic heterocycles. The van der Waals surface area contributed by atoms with Crippen LogP contribution in [0.5, 0.6) is 0 Å². The summed E-state index contributed by atoms with van der Waals surface area (Å²) in [5, 5.41) is 2.81. The highest BCUT2D eigenvalue weighted by Crippen LogP contribution is 2.17. The Kier molecular flexibility index (Phi) is 3.68. The van der Waals surface area contributed by atoms with E-state index in [4.69, 9.17) is 0 Å². The van der Waals surface area contributed by atoms with E-state index in [-0.39, 0.29) is 18.1 Å². The monoisotopic (exact) mass is 338 g/mol. The highest BCUT2D eigenvalue weighted by molar-refractivity contribution is 5.89. The number of rotatable bonds is 1. The molecule has 0 saturated heterocycles. The Morgan fingerprint density at radius 1 is 1.16 bits per heavy atom. The van der Waals surface area contributed by atoms with Crippen molar-refractivity contribution in [2.45, 2.75) is 13.0 Å². The molecular weight excluding hydrogens is 323 g/mol. The summed E-state index contributed by atoms with van der Waals surface area (Å²) in [7, 11) is 0. The third-order valence-electron chi connectivity index (χ3n) is 4.25. The van der Waals surface area contributed by atoms with Crippen molar-refractivity contribution in [1.29, 1.82) is 0 Å². The number of nitrogens with one attached hydrogen (secondary N) is 1. The molecular formula is C18H15FN4O2. The first-order valence-electron chi connectivity index (χ1n) is 7.92.